The molecule has 5 nitrogen and oxygen atoms in total. The maximum atomic E-state index is 11.9. The third kappa shape index (κ3) is 6.46. The van der Waals surface area contributed by atoms with Crippen molar-refractivity contribution >= 4 is 34.6 Å². The fraction of sp³-hybridized carbons (Fsp3) is 0.391. The van der Waals surface area contributed by atoms with Crippen LogP contribution in [0.4, 0.5) is 11.4 Å². The van der Waals surface area contributed by atoms with Crippen molar-refractivity contribution in [2.75, 3.05) is 23.3 Å². The van der Waals surface area contributed by atoms with Gasteiger partial charge in [-0.1, -0.05) is 18.2 Å². The van der Waals surface area contributed by atoms with Gasteiger partial charge in [0.15, 0.2) is 5.11 Å². The molecule has 1 aliphatic heterocycles. The molecule has 2 aromatic rings. The second-order valence-electron chi connectivity index (χ2n) is 7.50. The van der Waals surface area contributed by atoms with Crippen molar-refractivity contribution in [1.29, 1.82) is 0 Å². The normalized spacial score (nSPS) is 13.6. The van der Waals surface area contributed by atoms with Crippen LogP contribution < -0.4 is 20.3 Å². The lowest BCUT2D eigenvalue weighted by molar-refractivity contribution is -0.117. The standard InChI is InChI=1S/C23H29N3O2S/c1-17(2)28-21-11-3-7-18(15-21)8-5-13-24-23(29)25-19-9-4-10-20(16-19)26-14-6-12-22(26)27/h3-4,7,9-11,15-17H,5-6,8,12-14H2,1-2H3,(H2,24,25,29). The lowest BCUT2D eigenvalue weighted by atomic mass is 10.1. The van der Waals surface area contributed by atoms with Crippen molar-refractivity contribution in [3.63, 3.8) is 0 Å². The van der Waals surface area contributed by atoms with Gasteiger partial charge in [-0.15, -0.1) is 0 Å². The summed E-state index contributed by atoms with van der Waals surface area (Å²) in [4.78, 5) is 13.8. The van der Waals surface area contributed by atoms with Crippen LogP contribution in [0.25, 0.3) is 0 Å². The number of rotatable bonds is 8. The molecule has 1 heterocycles. The van der Waals surface area contributed by atoms with E-state index in [1.54, 1.807) is 0 Å². The van der Waals surface area contributed by atoms with E-state index in [9.17, 15) is 4.79 Å². The number of aryl methyl sites for hydroxylation is 1. The maximum absolute atomic E-state index is 11.9. The van der Waals surface area contributed by atoms with Crippen LogP contribution in [0.15, 0.2) is 48.5 Å². The Kier molecular flexibility index (Phi) is 7.47. The Balaban J connectivity index is 1.43. The van der Waals surface area contributed by atoms with Crippen LogP contribution in [-0.4, -0.2) is 30.2 Å². The molecule has 2 aromatic carbocycles. The molecule has 1 amide bonds. The summed E-state index contributed by atoms with van der Waals surface area (Å²) >= 11 is 5.41. The molecule has 29 heavy (non-hydrogen) atoms. The highest BCUT2D eigenvalue weighted by molar-refractivity contribution is 7.80. The summed E-state index contributed by atoms with van der Waals surface area (Å²) in [7, 11) is 0. The second-order valence-corrected chi connectivity index (χ2v) is 7.91. The van der Waals surface area contributed by atoms with Gasteiger partial charge in [-0.25, -0.2) is 0 Å². The van der Waals surface area contributed by atoms with Crippen LogP contribution in [0.5, 0.6) is 5.75 Å². The highest BCUT2D eigenvalue weighted by Gasteiger charge is 2.21. The lowest BCUT2D eigenvalue weighted by Gasteiger charge is -2.17. The fourth-order valence-corrected chi connectivity index (χ4v) is 3.61. The third-order valence-corrected chi connectivity index (χ3v) is 4.93. The molecule has 0 aliphatic carbocycles. The Bertz CT molecular complexity index is 854. The van der Waals surface area contributed by atoms with Crippen molar-refractivity contribution in [3.8, 4) is 5.75 Å². The number of hydrogen-bond donors (Lipinski definition) is 2. The average molecular weight is 412 g/mol. The first-order valence-electron chi connectivity index (χ1n) is 10.2. The largest absolute Gasteiger partial charge is 0.491 e. The number of carbonyl (C=O) groups is 1. The number of ether oxygens (including phenoxy) is 1. The molecule has 1 saturated heterocycles. The van der Waals surface area contributed by atoms with Crippen LogP contribution in [0.1, 0.15) is 38.7 Å². The Morgan fingerprint density at radius 2 is 2.03 bits per heavy atom. The van der Waals surface area contributed by atoms with Gasteiger partial charge in [-0.05, 0) is 81.2 Å². The first kappa shape index (κ1) is 21.1. The number of benzene rings is 2. The number of nitrogens with one attached hydrogen (secondary N) is 2. The molecule has 154 valence electrons. The summed E-state index contributed by atoms with van der Waals surface area (Å²) in [6, 6.07) is 16.1. The predicted octanol–water partition coefficient (Wildman–Crippen LogP) is 4.52. The third-order valence-electron chi connectivity index (χ3n) is 4.69. The van der Waals surface area contributed by atoms with Crippen molar-refractivity contribution in [3.05, 3.63) is 54.1 Å². The van der Waals surface area contributed by atoms with Crippen LogP contribution in [0, 0.1) is 0 Å². The van der Waals surface area contributed by atoms with Crippen molar-refractivity contribution in [2.24, 2.45) is 0 Å². The minimum absolute atomic E-state index is 0.178. The quantitative estimate of drug-likeness (QED) is 0.494. The van der Waals surface area contributed by atoms with E-state index >= 15 is 0 Å². The lowest BCUT2D eigenvalue weighted by Crippen LogP contribution is -2.29. The maximum Gasteiger partial charge on any atom is 0.227 e. The Hall–Kier alpha value is -2.60. The number of amides is 1. The number of thiocarbonyl (C=S) groups is 1. The van der Waals surface area contributed by atoms with E-state index < -0.39 is 0 Å². The van der Waals surface area contributed by atoms with Crippen molar-refractivity contribution in [2.45, 2.75) is 45.6 Å². The number of anilines is 2. The van der Waals surface area contributed by atoms with Gasteiger partial charge >= 0.3 is 0 Å². The molecule has 0 atom stereocenters. The molecule has 0 bridgehead atoms. The monoisotopic (exact) mass is 411 g/mol. The van der Waals surface area contributed by atoms with Gasteiger partial charge in [0.05, 0.1) is 6.10 Å². The van der Waals surface area contributed by atoms with E-state index in [1.807, 2.05) is 55.1 Å². The minimum Gasteiger partial charge on any atom is -0.491 e. The van der Waals surface area contributed by atoms with Crippen molar-refractivity contribution < 1.29 is 9.53 Å². The average Bonchev–Trinajstić information content (AvgIpc) is 3.11. The van der Waals surface area contributed by atoms with Crippen molar-refractivity contribution in [1.82, 2.24) is 5.32 Å². The highest BCUT2D eigenvalue weighted by Crippen LogP contribution is 2.24. The molecular formula is C23H29N3O2S. The fourth-order valence-electron chi connectivity index (χ4n) is 3.39. The second kappa shape index (κ2) is 10.3. The topological polar surface area (TPSA) is 53.6 Å². The van der Waals surface area contributed by atoms with E-state index in [-0.39, 0.29) is 12.0 Å². The minimum atomic E-state index is 0.178. The molecule has 0 saturated carbocycles. The van der Waals surface area contributed by atoms with E-state index in [2.05, 4.69) is 22.8 Å². The van der Waals surface area contributed by atoms with Crippen LogP contribution in [-0.2, 0) is 11.2 Å². The molecule has 1 aliphatic rings. The molecular weight excluding hydrogens is 382 g/mol. The van der Waals surface area contributed by atoms with E-state index in [0.717, 1.165) is 49.5 Å². The number of hydrogen-bond acceptors (Lipinski definition) is 3. The van der Waals surface area contributed by atoms with Gasteiger partial charge in [-0.3, -0.25) is 4.79 Å². The molecule has 1 fully saturated rings. The van der Waals surface area contributed by atoms with Crippen LogP contribution >= 0.6 is 12.2 Å². The van der Waals surface area contributed by atoms with E-state index in [4.69, 9.17) is 17.0 Å². The zero-order valence-corrected chi connectivity index (χ0v) is 17.9. The van der Waals surface area contributed by atoms with Gasteiger partial charge < -0.3 is 20.3 Å². The molecule has 0 radical (unpaired) electrons. The van der Waals surface area contributed by atoms with Gasteiger partial charge in [0.1, 0.15) is 5.75 Å². The summed E-state index contributed by atoms with van der Waals surface area (Å²) in [6.07, 6.45) is 3.65. The van der Waals surface area contributed by atoms with Gasteiger partial charge in [0.25, 0.3) is 0 Å². The Morgan fingerprint density at radius 3 is 2.79 bits per heavy atom. The van der Waals surface area contributed by atoms with Crippen LogP contribution in [0.3, 0.4) is 0 Å². The Labute approximate surface area is 178 Å². The summed E-state index contributed by atoms with van der Waals surface area (Å²) in [6.45, 7) is 5.63. The number of nitrogens with zero attached hydrogens (tertiary/aromatic N) is 1. The molecule has 2 N–H and O–H groups in total. The molecule has 0 spiro atoms. The summed E-state index contributed by atoms with van der Waals surface area (Å²) in [5.41, 5.74) is 3.06. The number of carbonyl (C=O) groups excluding carboxylic acids is 1. The summed E-state index contributed by atoms with van der Waals surface area (Å²) in [5, 5.41) is 7.06. The molecule has 0 aromatic heterocycles. The highest BCUT2D eigenvalue weighted by atomic mass is 32.1. The first-order chi connectivity index (χ1) is 14.0. The predicted molar refractivity (Wildman–Crippen MR) is 123 cm³/mol. The molecule has 0 unspecified atom stereocenters. The van der Waals surface area contributed by atoms with Gasteiger partial charge in [0, 0.05) is 30.9 Å². The zero-order valence-electron chi connectivity index (χ0n) is 17.1. The smallest absolute Gasteiger partial charge is 0.227 e. The molecule has 3 rings (SSSR count). The van der Waals surface area contributed by atoms with Gasteiger partial charge in [0.2, 0.25) is 5.91 Å². The first-order valence-corrected chi connectivity index (χ1v) is 10.6. The van der Waals surface area contributed by atoms with Crippen LogP contribution in [0.2, 0.25) is 0 Å². The SMILES string of the molecule is CC(C)Oc1cccc(CCCNC(=S)Nc2cccc(N3CCCC3=O)c2)c1. The van der Waals surface area contributed by atoms with E-state index in [1.165, 1.54) is 5.56 Å². The molecule has 6 heteroatoms. The zero-order chi connectivity index (χ0) is 20.6. The Morgan fingerprint density at radius 1 is 1.21 bits per heavy atom. The summed E-state index contributed by atoms with van der Waals surface area (Å²) < 4.78 is 5.75. The van der Waals surface area contributed by atoms with E-state index in [0.29, 0.717) is 11.5 Å². The van der Waals surface area contributed by atoms with Gasteiger partial charge in [-0.2, -0.15) is 0 Å². The summed E-state index contributed by atoms with van der Waals surface area (Å²) in [5.74, 6) is 1.10.